The monoisotopic (exact) mass is 356 g/mol. The fourth-order valence-corrected chi connectivity index (χ4v) is 2.21. The first-order chi connectivity index (χ1) is 9.47. The lowest BCUT2D eigenvalue weighted by molar-refractivity contribution is 0.0950. The lowest BCUT2D eigenvalue weighted by atomic mass is 10.1. The number of benzene rings is 2. The van der Waals surface area contributed by atoms with Crippen molar-refractivity contribution < 1.29 is 9.18 Å². The van der Waals surface area contributed by atoms with Crippen LogP contribution in [0.5, 0.6) is 0 Å². The zero-order chi connectivity index (χ0) is 14.7. The molecule has 2 aromatic rings. The van der Waals surface area contributed by atoms with Gasteiger partial charge in [0.05, 0.1) is 10.7 Å². The van der Waals surface area contributed by atoms with Crippen LogP contribution in [0.25, 0.3) is 0 Å². The van der Waals surface area contributed by atoms with Gasteiger partial charge in [-0.2, -0.15) is 0 Å². The van der Waals surface area contributed by atoms with Gasteiger partial charge >= 0.3 is 0 Å². The maximum absolute atomic E-state index is 13.5. The summed E-state index contributed by atoms with van der Waals surface area (Å²) in [5.41, 5.74) is 6.75. The maximum Gasteiger partial charge on any atom is 0.251 e. The minimum absolute atomic E-state index is 0.0894. The van der Waals surface area contributed by atoms with E-state index >= 15 is 0 Å². The first kappa shape index (κ1) is 14.8. The number of rotatable bonds is 3. The fourth-order valence-electron chi connectivity index (χ4n) is 1.62. The Bertz CT molecular complexity index is 664. The topological polar surface area (TPSA) is 55.1 Å². The molecule has 3 nitrogen and oxygen atoms in total. The number of carbonyl (C=O) groups excluding carboxylic acids is 1. The number of anilines is 1. The Labute approximate surface area is 129 Å². The molecule has 0 atom stereocenters. The predicted molar refractivity (Wildman–Crippen MR) is 81.1 cm³/mol. The highest BCUT2D eigenvalue weighted by Crippen LogP contribution is 2.20. The summed E-state index contributed by atoms with van der Waals surface area (Å²) in [6.45, 7) is 0.0894. The molecular formula is C14H11BrClFN2O. The van der Waals surface area contributed by atoms with Crippen LogP contribution >= 0.6 is 27.5 Å². The molecule has 20 heavy (non-hydrogen) atoms. The summed E-state index contributed by atoms with van der Waals surface area (Å²) in [6.07, 6.45) is 0. The van der Waals surface area contributed by atoms with E-state index in [2.05, 4.69) is 21.2 Å². The number of nitrogens with two attached hydrogens (primary N) is 1. The Morgan fingerprint density at radius 2 is 2.05 bits per heavy atom. The van der Waals surface area contributed by atoms with E-state index in [-0.39, 0.29) is 18.3 Å². The van der Waals surface area contributed by atoms with Crippen molar-refractivity contribution in [3.63, 3.8) is 0 Å². The molecule has 2 rings (SSSR count). The lowest BCUT2D eigenvalue weighted by Gasteiger charge is -2.08. The molecular weight excluding hydrogens is 347 g/mol. The molecule has 0 aromatic heterocycles. The number of nitrogen functional groups attached to an aromatic ring is 1. The van der Waals surface area contributed by atoms with E-state index in [0.29, 0.717) is 21.8 Å². The molecule has 2 aromatic carbocycles. The van der Waals surface area contributed by atoms with Gasteiger partial charge in [-0.15, -0.1) is 0 Å². The molecule has 3 N–H and O–H groups in total. The molecule has 6 heteroatoms. The number of amides is 1. The van der Waals surface area contributed by atoms with Crippen LogP contribution in [0, 0.1) is 5.82 Å². The van der Waals surface area contributed by atoms with Crippen LogP contribution in [-0.2, 0) is 6.54 Å². The second-order valence-corrected chi connectivity index (χ2v) is 5.48. The standard InChI is InChI=1S/C14H11BrClFN2O/c15-10-2-3-12(17)9(5-10)7-19-14(20)8-1-4-13(18)11(16)6-8/h1-6H,7,18H2,(H,19,20). The van der Waals surface area contributed by atoms with Gasteiger partial charge < -0.3 is 11.1 Å². The van der Waals surface area contributed by atoms with Gasteiger partial charge in [0.15, 0.2) is 0 Å². The van der Waals surface area contributed by atoms with Crippen molar-refractivity contribution in [2.45, 2.75) is 6.54 Å². The molecule has 0 saturated heterocycles. The molecule has 0 fully saturated rings. The summed E-state index contributed by atoms with van der Waals surface area (Å²) in [4.78, 5) is 11.9. The molecule has 0 aliphatic carbocycles. The van der Waals surface area contributed by atoms with E-state index in [1.807, 2.05) is 0 Å². The van der Waals surface area contributed by atoms with Crippen molar-refractivity contribution in [2.24, 2.45) is 0 Å². The van der Waals surface area contributed by atoms with Crippen molar-refractivity contribution in [1.29, 1.82) is 0 Å². The van der Waals surface area contributed by atoms with Crippen LogP contribution in [-0.4, -0.2) is 5.91 Å². The molecule has 0 bridgehead atoms. The van der Waals surface area contributed by atoms with E-state index in [4.69, 9.17) is 17.3 Å². The number of nitrogens with one attached hydrogen (secondary N) is 1. The van der Waals surface area contributed by atoms with E-state index in [9.17, 15) is 9.18 Å². The lowest BCUT2D eigenvalue weighted by Crippen LogP contribution is -2.23. The molecule has 0 aliphatic rings. The third kappa shape index (κ3) is 3.49. The van der Waals surface area contributed by atoms with E-state index in [1.54, 1.807) is 24.3 Å². The van der Waals surface area contributed by atoms with Gasteiger partial charge in [-0.25, -0.2) is 4.39 Å². The quantitative estimate of drug-likeness (QED) is 0.822. The first-order valence-electron chi connectivity index (χ1n) is 5.74. The minimum atomic E-state index is -0.371. The Kier molecular flexibility index (Phi) is 4.62. The molecule has 0 aliphatic heterocycles. The van der Waals surface area contributed by atoms with E-state index < -0.39 is 0 Å². The average molecular weight is 358 g/mol. The van der Waals surface area contributed by atoms with Gasteiger partial charge in [-0.05, 0) is 36.4 Å². The van der Waals surface area contributed by atoms with Crippen molar-refractivity contribution in [2.75, 3.05) is 5.73 Å². The second-order valence-electron chi connectivity index (χ2n) is 4.15. The molecule has 0 heterocycles. The highest BCUT2D eigenvalue weighted by molar-refractivity contribution is 9.10. The highest BCUT2D eigenvalue weighted by atomic mass is 79.9. The molecule has 1 amide bonds. The van der Waals surface area contributed by atoms with Crippen molar-refractivity contribution in [1.82, 2.24) is 5.32 Å². The van der Waals surface area contributed by atoms with Gasteiger partial charge in [0.2, 0.25) is 0 Å². The molecule has 0 unspecified atom stereocenters. The van der Waals surface area contributed by atoms with Crippen molar-refractivity contribution >= 4 is 39.1 Å². The average Bonchev–Trinajstić information content (AvgIpc) is 2.42. The van der Waals surface area contributed by atoms with Gasteiger partial charge in [0.25, 0.3) is 5.91 Å². The smallest absolute Gasteiger partial charge is 0.251 e. The van der Waals surface area contributed by atoms with Crippen LogP contribution in [0.2, 0.25) is 5.02 Å². The number of hydrogen-bond donors (Lipinski definition) is 2. The molecule has 0 radical (unpaired) electrons. The van der Waals surface area contributed by atoms with Gasteiger partial charge in [0.1, 0.15) is 5.82 Å². The summed E-state index contributed by atoms with van der Waals surface area (Å²) in [5.74, 6) is -0.713. The molecule has 104 valence electrons. The van der Waals surface area contributed by atoms with E-state index in [1.165, 1.54) is 12.1 Å². The summed E-state index contributed by atoms with van der Waals surface area (Å²) in [7, 11) is 0. The van der Waals surface area contributed by atoms with Crippen LogP contribution in [0.4, 0.5) is 10.1 Å². The van der Waals surface area contributed by atoms with Crippen molar-refractivity contribution in [3.05, 3.63) is 62.8 Å². The van der Waals surface area contributed by atoms with Crippen LogP contribution < -0.4 is 11.1 Å². The second kappa shape index (κ2) is 6.24. The largest absolute Gasteiger partial charge is 0.398 e. The number of hydrogen-bond acceptors (Lipinski definition) is 2. The Morgan fingerprint density at radius 1 is 1.30 bits per heavy atom. The molecule has 0 spiro atoms. The normalized spacial score (nSPS) is 10.3. The fraction of sp³-hybridized carbons (Fsp3) is 0.0714. The third-order valence-electron chi connectivity index (χ3n) is 2.71. The summed E-state index contributed by atoms with van der Waals surface area (Å²) >= 11 is 9.10. The Balaban J connectivity index is 2.08. The zero-order valence-corrected chi connectivity index (χ0v) is 12.6. The first-order valence-corrected chi connectivity index (χ1v) is 6.91. The van der Waals surface area contributed by atoms with Crippen LogP contribution in [0.3, 0.4) is 0 Å². The zero-order valence-electron chi connectivity index (χ0n) is 10.3. The third-order valence-corrected chi connectivity index (χ3v) is 3.53. The van der Waals surface area contributed by atoms with Gasteiger partial charge in [-0.1, -0.05) is 27.5 Å². The summed E-state index contributed by atoms with van der Waals surface area (Å²) in [6, 6.07) is 9.14. The Morgan fingerprint density at radius 3 is 2.75 bits per heavy atom. The predicted octanol–water partition coefficient (Wildman–Crippen LogP) is 3.75. The Hall–Kier alpha value is -1.59. The summed E-state index contributed by atoms with van der Waals surface area (Å²) < 4.78 is 14.3. The number of halogens is 3. The molecule has 0 saturated carbocycles. The van der Waals surface area contributed by atoms with E-state index in [0.717, 1.165) is 4.47 Å². The SMILES string of the molecule is Nc1ccc(C(=O)NCc2cc(Br)ccc2F)cc1Cl. The minimum Gasteiger partial charge on any atom is -0.398 e. The van der Waals surface area contributed by atoms with Gasteiger partial charge in [-0.3, -0.25) is 4.79 Å². The van der Waals surface area contributed by atoms with Crippen molar-refractivity contribution in [3.8, 4) is 0 Å². The highest BCUT2D eigenvalue weighted by Gasteiger charge is 2.09. The maximum atomic E-state index is 13.5. The van der Waals surface area contributed by atoms with Crippen LogP contribution in [0.1, 0.15) is 15.9 Å². The number of carbonyl (C=O) groups is 1. The summed E-state index contributed by atoms with van der Waals surface area (Å²) in [5, 5.41) is 2.94. The van der Waals surface area contributed by atoms with Gasteiger partial charge in [0, 0.05) is 22.1 Å². The van der Waals surface area contributed by atoms with Crippen LogP contribution in [0.15, 0.2) is 40.9 Å².